The molecule has 0 amide bonds. The molecule has 0 N–H and O–H groups in total. The summed E-state index contributed by atoms with van der Waals surface area (Å²) >= 11 is 1.66. The normalized spacial score (nSPS) is 14.3. The molecule has 3 aromatic rings. The Morgan fingerprint density at radius 2 is 2.06 bits per heavy atom. The highest BCUT2D eigenvalue weighted by atomic mass is 32.1. The van der Waals surface area contributed by atoms with Crippen molar-refractivity contribution >= 4 is 17.3 Å². The summed E-state index contributed by atoms with van der Waals surface area (Å²) < 4.78 is 17.6. The molecule has 0 bridgehead atoms. The van der Waals surface area contributed by atoms with Crippen molar-refractivity contribution in [3.05, 3.63) is 58.7 Å². The average molecular weight is 466 g/mol. The molecule has 33 heavy (non-hydrogen) atoms. The van der Waals surface area contributed by atoms with E-state index in [4.69, 9.17) is 14.2 Å². The van der Waals surface area contributed by atoms with Crippen molar-refractivity contribution in [2.75, 3.05) is 13.2 Å². The van der Waals surface area contributed by atoms with Crippen LogP contribution in [-0.4, -0.2) is 29.8 Å². The van der Waals surface area contributed by atoms with E-state index in [1.165, 1.54) is 5.56 Å². The Morgan fingerprint density at radius 1 is 1.24 bits per heavy atom. The summed E-state index contributed by atoms with van der Waals surface area (Å²) in [6.07, 6.45) is 4.78. The highest BCUT2D eigenvalue weighted by Gasteiger charge is 2.35. The quantitative estimate of drug-likeness (QED) is 0.387. The van der Waals surface area contributed by atoms with Crippen LogP contribution in [0.3, 0.4) is 0 Å². The van der Waals surface area contributed by atoms with Crippen LogP contribution in [0.25, 0.3) is 21.6 Å². The molecule has 1 unspecified atom stereocenters. The molecular formula is C27H31NO4S. The largest absolute Gasteiger partial charge is 0.493 e. The predicted octanol–water partition coefficient (Wildman–Crippen LogP) is 6.53. The molecule has 5 nitrogen and oxygen atoms in total. The van der Waals surface area contributed by atoms with E-state index < -0.39 is 11.7 Å². The number of ether oxygens (including phenoxy) is 3. The molecule has 0 aliphatic carbocycles. The molecule has 1 aromatic carbocycles. The second kappa shape index (κ2) is 9.65. The van der Waals surface area contributed by atoms with Gasteiger partial charge in [0.15, 0.2) is 6.10 Å². The molecule has 0 saturated carbocycles. The smallest absolute Gasteiger partial charge is 0.340 e. The molecule has 1 atom stereocenters. The number of fused-ring (bicyclic) bond motifs is 1. The second-order valence-corrected chi connectivity index (χ2v) is 10.4. The summed E-state index contributed by atoms with van der Waals surface area (Å²) in [6, 6.07) is 10.3. The maximum Gasteiger partial charge on any atom is 0.340 e. The lowest BCUT2D eigenvalue weighted by Gasteiger charge is -2.27. The lowest BCUT2D eigenvalue weighted by atomic mass is 9.92. The van der Waals surface area contributed by atoms with Crippen LogP contribution in [0.2, 0.25) is 0 Å². The van der Waals surface area contributed by atoms with Gasteiger partial charge >= 0.3 is 5.97 Å². The maximum absolute atomic E-state index is 13.2. The molecule has 0 spiro atoms. The number of pyridine rings is 1. The maximum atomic E-state index is 13.2. The van der Waals surface area contributed by atoms with Gasteiger partial charge in [0.05, 0.1) is 18.8 Å². The van der Waals surface area contributed by atoms with Gasteiger partial charge in [-0.1, -0.05) is 12.1 Å². The Balaban J connectivity index is 1.95. The number of carbonyl (C=O) groups excluding carboxylic acids is 1. The monoisotopic (exact) mass is 465 g/mol. The van der Waals surface area contributed by atoms with E-state index in [1.807, 2.05) is 52.9 Å². The standard InChI is InChI=1S/C27H31NO4S/c1-6-30-26(29)24(32-27(3,4)5)22-17(2)33-25(20-9-7-13-28-16-20)23(22)19-11-12-21-18(15-19)10-8-14-31-21/h7,9,11-13,15-16,24H,6,8,10,14H2,1-5H3. The van der Waals surface area contributed by atoms with Crippen molar-refractivity contribution in [1.82, 2.24) is 4.98 Å². The third-order valence-electron chi connectivity index (χ3n) is 5.49. The number of aryl methyl sites for hydroxylation is 2. The lowest BCUT2D eigenvalue weighted by molar-refractivity contribution is -0.166. The van der Waals surface area contributed by atoms with Gasteiger partial charge < -0.3 is 14.2 Å². The van der Waals surface area contributed by atoms with Crippen molar-refractivity contribution in [3.63, 3.8) is 0 Å². The van der Waals surface area contributed by atoms with Gasteiger partial charge in [-0.05, 0) is 76.8 Å². The molecule has 1 aliphatic rings. The van der Waals surface area contributed by atoms with Gasteiger partial charge in [-0.3, -0.25) is 4.98 Å². The fraction of sp³-hybridized carbons (Fsp3) is 0.407. The Labute approximate surface area is 199 Å². The third-order valence-corrected chi connectivity index (χ3v) is 6.66. The van der Waals surface area contributed by atoms with Gasteiger partial charge in [-0.2, -0.15) is 0 Å². The number of aromatic nitrogens is 1. The van der Waals surface area contributed by atoms with E-state index in [9.17, 15) is 4.79 Å². The van der Waals surface area contributed by atoms with E-state index in [0.29, 0.717) is 6.61 Å². The minimum atomic E-state index is -0.825. The van der Waals surface area contributed by atoms with Gasteiger partial charge in [0.1, 0.15) is 5.75 Å². The number of hydrogen-bond acceptors (Lipinski definition) is 6. The van der Waals surface area contributed by atoms with Crippen molar-refractivity contribution in [2.45, 2.75) is 59.2 Å². The fourth-order valence-corrected chi connectivity index (χ4v) is 5.37. The van der Waals surface area contributed by atoms with E-state index in [1.54, 1.807) is 17.5 Å². The number of carbonyl (C=O) groups is 1. The van der Waals surface area contributed by atoms with Crippen molar-refractivity contribution in [2.24, 2.45) is 0 Å². The molecule has 1 aliphatic heterocycles. The molecule has 174 valence electrons. The first-order valence-electron chi connectivity index (χ1n) is 11.4. The number of esters is 1. The van der Waals surface area contributed by atoms with Crippen LogP contribution in [0.5, 0.6) is 5.75 Å². The summed E-state index contributed by atoms with van der Waals surface area (Å²) in [6.45, 7) is 10.8. The highest BCUT2D eigenvalue weighted by Crippen LogP contribution is 2.48. The minimum Gasteiger partial charge on any atom is -0.493 e. The number of hydrogen-bond donors (Lipinski definition) is 0. The Morgan fingerprint density at radius 3 is 2.76 bits per heavy atom. The molecule has 6 heteroatoms. The first kappa shape index (κ1) is 23.5. The predicted molar refractivity (Wildman–Crippen MR) is 132 cm³/mol. The summed E-state index contributed by atoms with van der Waals surface area (Å²) in [5.41, 5.74) is 4.59. The first-order valence-corrected chi connectivity index (χ1v) is 12.2. The molecule has 0 radical (unpaired) electrons. The van der Waals surface area contributed by atoms with Crippen LogP contribution >= 0.6 is 11.3 Å². The SMILES string of the molecule is CCOC(=O)C(OC(C)(C)C)c1c(C)sc(-c2cccnc2)c1-c1ccc2c(c1)CCCO2. The zero-order valence-electron chi connectivity index (χ0n) is 19.9. The third kappa shape index (κ3) is 5.12. The lowest BCUT2D eigenvalue weighted by Crippen LogP contribution is -2.29. The Hall–Kier alpha value is -2.70. The number of nitrogens with zero attached hydrogens (tertiary/aromatic N) is 1. The number of rotatable bonds is 6. The first-order chi connectivity index (χ1) is 15.8. The van der Waals surface area contributed by atoms with Crippen LogP contribution in [0.4, 0.5) is 0 Å². The molecule has 2 aromatic heterocycles. The van der Waals surface area contributed by atoms with Gasteiger partial charge in [-0.25, -0.2) is 4.79 Å². The molecule has 4 rings (SSSR count). The van der Waals surface area contributed by atoms with Crippen molar-refractivity contribution in [3.8, 4) is 27.3 Å². The summed E-state index contributed by atoms with van der Waals surface area (Å²) in [4.78, 5) is 19.6. The average Bonchev–Trinajstić information content (AvgIpc) is 3.14. The van der Waals surface area contributed by atoms with Crippen LogP contribution in [0.1, 0.15) is 56.2 Å². The summed E-state index contributed by atoms with van der Waals surface area (Å²) in [5.74, 6) is 0.572. The van der Waals surface area contributed by atoms with Gasteiger partial charge in [0.25, 0.3) is 0 Å². The van der Waals surface area contributed by atoms with Crippen LogP contribution in [0, 0.1) is 6.92 Å². The van der Waals surface area contributed by atoms with Crippen LogP contribution in [-0.2, 0) is 20.7 Å². The summed E-state index contributed by atoms with van der Waals surface area (Å²) in [5, 5.41) is 0. The zero-order valence-corrected chi connectivity index (χ0v) is 20.8. The Kier molecular flexibility index (Phi) is 6.86. The summed E-state index contributed by atoms with van der Waals surface area (Å²) in [7, 11) is 0. The van der Waals surface area contributed by atoms with Gasteiger partial charge in [-0.15, -0.1) is 11.3 Å². The van der Waals surface area contributed by atoms with Gasteiger partial charge in [0.2, 0.25) is 0 Å². The van der Waals surface area contributed by atoms with Crippen LogP contribution < -0.4 is 4.74 Å². The van der Waals surface area contributed by atoms with Crippen molar-refractivity contribution in [1.29, 1.82) is 0 Å². The van der Waals surface area contributed by atoms with Crippen LogP contribution in [0.15, 0.2) is 42.7 Å². The highest BCUT2D eigenvalue weighted by molar-refractivity contribution is 7.16. The van der Waals surface area contributed by atoms with E-state index in [0.717, 1.165) is 57.2 Å². The fourth-order valence-electron chi connectivity index (χ4n) is 4.17. The van der Waals surface area contributed by atoms with E-state index >= 15 is 0 Å². The topological polar surface area (TPSA) is 57.7 Å². The van der Waals surface area contributed by atoms with Crippen molar-refractivity contribution < 1.29 is 19.0 Å². The van der Waals surface area contributed by atoms with Gasteiger partial charge in [0, 0.05) is 38.8 Å². The van der Waals surface area contributed by atoms with E-state index in [2.05, 4.69) is 23.2 Å². The molecular weight excluding hydrogens is 434 g/mol. The zero-order chi connectivity index (χ0) is 23.6. The molecule has 3 heterocycles. The minimum absolute atomic E-state index is 0.299. The molecule has 0 saturated heterocycles. The number of thiophene rings is 1. The molecule has 0 fully saturated rings. The second-order valence-electron chi connectivity index (χ2n) is 9.15. The van der Waals surface area contributed by atoms with E-state index in [-0.39, 0.29) is 5.97 Å². The Bertz CT molecular complexity index is 1130. The number of benzene rings is 1.